The molecule has 2 aromatic carbocycles. The lowest BCUT2D eigenvalue weighted by molar-refractivity contribution is -0.385. The summed E-state index contributed by atoms with van der Waals surface area (Å²) in [6.07, 6.45) is -0.394. The molecule has 0 aliphatic heterocycles. The van der Waals surface area contributed by atoms with Gasteiger partial charge in [-0.25, -0.2) is 0 Å². The molecule has 15 heteroatoms. The molecular weight excluding hydrogens is 512 g/mol. The number of phenols is 1. The van der Waals surface area contributed by atoms with Gasteiger partial charge < -0.3 is 19.3 Å². The van der Waals surface area contributed by atoms with Gasteiger partial charge in [-0.1, -0.05) is 0 Å². The topological polar surface area (TPSA) is 220 Å². The molecule has 38 heavy (non-hydrogen) atoms. The molecule has 15 nitrogen and oxygen atoms in total. The van der Waals surface area contributed by atoms with Gasteiger partial charge in [-0.2, -0.15) is 0 Å². The number of benzene rings is 2. The standard InChI is InChI=1S/C12H13NO6.C7H5NO4.C4H6O3/c1-7(18-8(2)14)11-6-10(13(16)17)4-5-12(11)19-9(3)15;9-4-5-3-6(8(11)12)1-2-7(5)10;1-3(5)7-4(2)6/h4-7H,1-3H3;1-4,10H;1-2H3. The summed E-state index contributed by atoms with van der Waals surface area (Å²) in [6.45, 7) is 6.33. The maximum Gasteiger partial charge on any atom is 0.310 e. The second kappa shape index (κ2) is 15.7. The molecule has 0 aliphatic carbocycles. The number of nitrogens with zero attached hydrogens (tertiary/aromatic N) is 2. The first-order valence-corrected chi connectivity index (χ1v) is 10.3. The number of carbonyl (C=O) groups excluding carboxylic acids is 5. The van der Waals surface area contributed by atoms with Gasteiger partial charge in [0, 0.05) is 57.5 Å². The number of rotatable bonds is 6. The average molecular weight is 536 g/mol. The van der Waals surface area contributed by atoms with Crippen LogP contribution in [0.25, 0.3) is 0 Å². The average Bonchev–Trinajstić information content (AvgIpc) is 2.78. The van der Waals surface area contributed by atoms with Crippen molar-refractivity contribution in [1.29, 1.82) is 0 Å². The number of esters is 4. The molecule has 0 spiro atoms. The second-order valence-electron chi connectivity index (χ2n) is 7.03. The van der Waals surface area contributed by atoms with Crippen LogP contribution in [0.3, 0.4) is 0 Å². The van der Waals surface area contributed by atoms with E-state index in [1.54, 1.807) is 0 Å². The quantitative estimate of drug-likeness (QED) is 0.140. The lowest BCUT2D eigenvalue weighted by Crippen LogP contribution is -2.10. The highest BCUT2D eigenvalue weighted by Crippen LogP contribution is 2.31. The Labute approximate surface area is 215 Å². The third-order valence-corrected chi connectivity index (χ3v) is 3.87. The van der Waals surface area contributed by atoms with Crippen molar-refractivity contribution in [1.82, 2.24) is 0 Å². The van der Waals surface area contributed by atoms with Gasteiger partial charge in [0.1, 0.15) is 17.6 Å². The number of carbonyl (C=O) groups is 5. The fourth-order valence-electron chi connectivity index (χ4n) is 2.48. The molecule has 0 saturated carbocycles. The maximum atomic E-state index is 11.0. The van der Waals surface area contributed by atoms with Crippen LogP contribution < -0.4 is 4.74 Å². The Bertz CT molecular complexity index is 1210. The van der Waals surface area contributed by atoms with Gasteiger partial charge in [-0.15, -0.1) is 0 Å². The van der Waals surface area contributed by atoms with Gasteiger partial charge in [0.2, 0.25) is 0 Å². The monoisotopic (exact) mass is 536 g/mol. The van der Waals surface area contributed by atoms with E-state index in [9.17, 15) is 44.2 Å². The van der Waals surface area contributed by atoms with Gasteiger partial charge in [0.05, 0.1) is 15.4 Å². The molecular formula is C23H24N2O13. The minimum Gasteiger partial charge on any atom is -0.507 e. The van der Waals surface area contributed by atoms with E-state index in [2.05, 4.69) is 4.74 Å². The van der Waals surface area contributed by atoms with Crippen LogP contribution in [0, 0.1) is 20.2 Å². The zero-order chi connectivity index (χ0) is 29.6. The molecule has 1 unspecified atom stereocenters. The van der Waals surface area contributed by atoms with Crippen molar-refractivity contribution in [3.05, 3.63) is 67.8 Å². The Balaban J connectivity index is 0.000000612. The van der Waals surface area contributed by atoms with Crippen LogP contribution in [0.15, 0.2) is 36.4 Å². The Morgan fingerprint density at radius 3 is 1.74 bits per heavy atom. The fraction of sp³-hybridized carbons (Fsp3) is 0.261. The van der Waals surface area contributed by atoms with E-state index in [4.69, 9.17) is 14.6 Å². The molecule has 2 aromatic rings. The number of nitro groups is 2. The normalized spacial score (nSPS) is 10.1. The van der Waals surface area contributed by atoms with E-state index in [1.165, 1.54) is 52.8 Å². The Kier molecular flexibility index (Phi) is 13.6. The predicted molar refractivity (Wildman–Crippen MR) is 127 cm³/mol. The largest absolute Gasteiger partial charge is 0.507 e. The number of aldehydes is 1. The lowest BCUT2D eigenvalue weighted by atomic mass is 10.1. The summed E-state index contributed by atoms with van der Waals surface area (Å²) in [5, 5.41) is 29.9. The lowest BCUT2D eigenvalue weighted by Gasteiger charge is -2.15. The predicted octanol–water partition coefficient (Wildman–Crippen LogP) is 3.35. The molecule has 0 radical (unpaired) electrons. The Morgan fingerprint density at radius 2 is 1.34 bits per heavy atom. The number of ether oxygens (including phenoxy) is 3. The molecule has 0 saturated heterocycles. The van der Waals surface area contributed by atoms with Gasteiger partial charge >= 0.3 is 23.9 Å². The third kappa shape index (κ3) is 12.5. The first-order chi connectivity index (χ1) is 17.6. The van der Waals surface area contributed by atoms with E-state index in [0.717, 1.165) is 18.2 Å². The van der Waals surface area contributed by atoms with Crippen LogP contribution in [0.2, 0.25) is 0 Å². The van der Waals surface area contributed by atoms with Crippen molar-refractivity contribution in [3.8, 4) is 11.5 Å². The summed E-state index contributed by atoms with van der Waals surface area (Å²) in [7, 11) is 0. The molecule has 0 fully saturated rings. The number of hydrogen-bond acceptors (Lipinski definition) is 13. The highest BCUT2D eigenvalue weighted by atomic mass is 16.6. The summed E-state index contributed by atoms with van der Waals surface area (Å²) in [4.78, 5) is 71.4. The van der Waals surface area contributed by atoms with Gasteiger partial charge in [0.25, 0.3) is 11.4 Å². The SMILES string of the molecule is CC(=O)OC(C)=O.CC(=O)Oc1ccc([N+](=O)[O-])cc1C(C)OC(C)=O.O=Cc1cc([N+](=O)[O-])ccc1O. The molecule has 1 N–H and O–H groups in total. The number of non-ortho nitro benzene ring substituents is 2. The molecule has 204 valence electrons. The molecule has 0 aliphatic rings. The Morgan fingerprint density at radius 1 is 0.842 bits per heavy atom. The summed E-state index contributed by atoms with van der Waals surface area (Å²) < 4.78 is 13.8. The van der Waals surface area contributed by atoms with Crippen molar-refractivity contribution in [2.24, 2.45) is 0 Å². The van der Waals surface area contributed by atoms with Crippen molar-refractivity contribution in [2.75, 3.05) is 0 Å². The number of aromatic hydroxyl groups is 1. The third-order valence-electron chi connectivity index (χ3n) is 3.87. The van der Waals surface area contributed by atoms with Gasteiger partial charge in [-0.05, 0) is 19.1 Å². The summed E-state index contributed by atoms with van der Waals surface area (Å²) >= 11 is 0. The number of nitro benzene ring substituents is 2. The van der Waals surface area contributed by atoms with Gasteiger partial charge in [-0.3, -0.25) is 44.2 Å². The highest BCUT2D eigenvalue weighted by Gasteiger charge is 2.20. The van der Waals surface area contributed by atoms with Crippen LogP contribution in [-0.2, 0) is 28.7 Å². The molecule has 0 heterocycles. The fourth-order valence-corrected chi connectivity index (χ4v) is 2.48. The van der Waals surface area contributed by atoms with E-state index in [1.807, 2.05) is 0 Å². The first-order valence-electron chi connectivity index (χ1n) is 10.3. The molecule has 0 amide bonds. The van der Waals surface area contributed by atoms with Crippen LogP contribution in [0.1, 0.15) is 56.6 Å². The van der Waals surface area contributed by atoms with Crippen molar-refractivity contribution in [3.63, 3.8) is 0 Å². The number of phenolic OH excluding ortho intramolecular Hbond substituents is 1. The maximum absolute atomic E-state index is 11.0. The highest BCUT2D eigenvalue weighted by molar-refractivity contribution is 5.82. The Hall–Kier alpha value is -5.21. The molecule has 1 atom stereocenters. The van der Waals surface area contributed by atoms with Crippen molar-refractivity contribution < 1.29 is 53.1 Å². The second-order valence-corrected chi connectivity index (χ2v) is 7.03. The van der Waals surface area contributed by atoms with E-state index in [0.29, 0.717) is 6.29 Å². The van der Waals surface area contributed by atoms with Crippen LogP contribution in [0.4, 0.5) is 11.4 Å². The minimum absolute atomic E-state index is 0.0794. The van der Waals surface area contributed by atoms with Crippen LogP contribution in [0.5, 0.6) is 11.5 Å². The summed E-state index contributed by atoms with van der Waals surface area (Å²) in [5.74, 6) is -2.35. The zero-order valence-corrected chi connectivity index (χ0v) is 20.9. The molecule has 0 bridgehead atoms. The van der Waals surface area contributed by atoms with Crippen molar-refractivity contribution in [2.45, 2.75) is 40.7 Å². The smallest absolute Gasteiger partial charge is 0.310 e. The summed E-state index contributed by atoms with van der Waals surface area (Å²) in [5.41, 5.74) is -0.205. The van der Waals surface area contributed by atoms with Crippen LogP contribution in [-0.4, -0.2) is 45.1 Å². The zero-order valence-electron chi connectivity index (χ0n) is 20.9. The summed E-state index contributed by atoms with van der Waals surface area (Å²) in [6, 6.07) is 6.98. The molecule has 2 rings (SSSR count). The van der Waals surface area contributed by atoms with E-state index < -0.39 is 39.8 Å². The van der Waals surface area contributed by atoms with Gasteiger partial charge in [0.15, 0.2) is 6.29 Å². The van der Waals surface area contributed by atoms with Crippen molar-refractivity contribution >= 4 is 41.5 Å². The van der Waals surface area contributed by atoms with E-state index >= 15 is 0 Å². The first kappa shape index (κ1) is 32.8. The van der Waals surface area contributed by atoms with Crippen LogP contribution >= 0.6 is 0 Å². The van der Waals surface area contributed by atoms with E-state index in [-0.39, 0.29) is 34.0 Å². The number of hydrogen-bond donors (Lipinski definition) is 1. The minimum atomic E-state index is -0.758. The molecule has 0 aromatic heterocycles.